The number of halogens is 1. The first kappa shape index (κ1) is 10.4. The van der Waals surface area contributed by atoms with E-state index in [0.717, 1.165) is 17.6 Å². The van der Waals surface area contributed by atoms with E-state index in [1.54, 1.807) is 12.1 Å². The van der Waals surface area contributed by atoms with Gasteiger partial charge in [0.15, 0.2) is 5.84 Å². The van der Waals surface area contributed by atoms with E-state index in [1.165, 1.54) is 0 Å². The Hall–Kier alpha value is -1.75. The van der Waals surface area contributed by atoms with E-state index in [-0.39, 0.29) is 5.82 Å². The molecule has 17 heavy (non-hydrogen) atoms. The Balaban J connectivity index is 2.02. The van der Waals surface area contributed by atoms with Crippen LogP contribution in [0, 0.1) is 5.82 Å². The zero-order valence-electron chi connectivity index (χ0n) is 8.81. The number of hydrogen-bond acceptors (Lipinski definition) is 4. The molecule has 0 unspecified atom stereocenters. The molecule has 0 bridgehead atoms. The second kappa shape index (κ2) is 4.25. The number of benzene rings is 2. The fraction of sp³-hybridized carbons (Fsp3) is 0.0833. The van der Waals surface area contributed by atoms with Crippen LogP contribution >= 0.6 is 12.2 Å². The van der Waals surface area contributed by atoms with Crippen molar-refractivity contribution in [2.75, 3.05) is 0 Å². The monoisotopic (exact) mass is 248 g/mol. The van der Waals surface area contributed by atoms with Gasteiger partial charge in [-0.15, -0.1) is 0 Å². The van der Waals surface area contributed by atoms with Crippen LogP contribution in [0.1, 0.15) is 5.56 Å². The summed E-state index contributed by atoms with van der Waals surface area (Å²) in [5.74, 6) is 0.439. The molecule has 0 amide bonds. The number of nitrogens with one attached hydrogen (secondary N) is 1. The molecule has 2 aromatic rings. The quantitative estimate of drug-likeness (QED) is 0.655. The maximum Gasteiger partial charge on any atom is 0.208 e. The van der Waals surface area contributed by atoms with Crippen LogP contribution in [-0.4, -0.2) is 5.84 Å². The average Bonchev–Trinajstić information content (AvgIpc) is 2.86. The minimum absolute atomic E-state index is 0.190. The highest BCUT2D eigenvalue weighted by Crippen LogP contribution is 2.22. The number of oxime groups is 1. The molecule has 2 aromatic carbocycles. The third kappa shape index (κ3) is 1.93. The Morgan fingerprint density at radius 3 is 2.94 bits per heavy atom. The SMILES string of the molecule is Fc1c(CC2=NOSN2)ccc2ccccc12. The molecule has 1 aliphatic rings. The zero-order valence-corrected chi connectivity index (χ0v) is 9.63. The molecule has 0 atom stereocenters. The van der Waals surface area contributed by atoms with Crippen molar-refractivity contribution in [3.05, 3.63) is 47.8 Å². The van der Waals surface area contributed by atoms with Gasteiger partial charge < -0.3 is 0 Å². The molecule has 1 heterocycles. The molecule has 1 aliphatic heterocycles. The van der Waals surface area contributed by atoms with E-state index in [9.17, 15) is 4.39 Å². The Morgan fingerprint density at radius 1 is 1.24 bits per heavy atom. The molecule has 0 fully saturated rings. The van der Waals surface area contributed by atoms with Crippen LogP contribution < -0.4 is 4.72 Å². The smallest absolute Gasteiger partial charge is 0.208 e. The Bertz CT molecular complexity index is 600. The lowest BCUT2D eigenvalue weighted by atomic mass is 10.0. The predicted molar refractivity (Wildman–Crippen MR) is 66.9 cm³/mol. The lowest BCUT2D eigenvalue weighted by Gasteiger charge is -2.05. The molecule has 0 aromatic heterocycles. The van der Waals surface area contributed by atoms with Crippen molar-refractivity contribution in [1.29, 1.82) is 0 Å². The van der Waals surface area contributed by atoms with Crippen molar-refractivity contribution in [3.8, 4) is 0 Å². The van der Waals surface area contributed by atoms with Crippen LogP contribution in [0.25, 0.3) is 10.8 Å². The fourth-order valence-corrected chi connectivity index (χ4v) is 2.18. The van der Waals surface area contributed by atoms with Gasteiger partial charge in [-0.1, -0.05) is 41.6 Å². The third-order valence-corrected chi connectivity index (χ3v) is 3.11. The van der Waals surface area contributed by atoms with Crippen molar-refractivity contribution < 1.29 is 8.67 Å². The van der Waals surface area contributed by atoms with E-state index < -0.39 is 0 Å². The first-order chi connectivity index (χ1) is 8.34. The van der Waals surface area contributed by atoms with Crippen LogP contribution in [0.15, 0.2) is 41.6 Å². The molecule has 3 rings (SSSR count). The average molecular weight is 248 g/mol. The number of hydrogen-bond donors (Lipinski definition) is 1. The van der Waals surface area contributed by atoms with Gasteiger partial charge in [0, 0.05) is 11.8 Å². The van der Waals surface area contributed by atoms with Gasteiger partial charge in [0.05, 0.1) is 0 Å². The molecule has 0 spiro atoms. The summed E-state index contributed by atoms with van der Waals surface area (Å²) < 4.78 is 21.8. The van der Waals surface area contributed by atoms with E-state index in [4.69, 9.17) is 4.28 Å². The molecule has 3 nitrogen and oxygen atoms in total. The van der Waals surface area contributed by atoms with Crippen molar-refractivity contribution in [2.24, 2.45) is 5.16 Å². The minimum Gasteiger partial charge on any atom is -0.297 e. The van der Waals surface area contributed by atoms with Gasteiger partial charge in [-0.25, -0.2) is 4.39 Å². The van der Waals surface area contributed by atoms with Crippen molar-refractivity contribution in [2.45, 2.75) is 6.42 Å². The van der Waals surface area contributed by atoms with Gasteiger partial charge in [0.2, 0.25) is 12.2 Å². The normalized spacial score (nSPS) is 14.3. The number of nitrogens with zero attached hydrogens (tertiary/aromatic N) is 1. The van der Waals surface area contributed by atoms with Gasteiger partial charge in [0.1, 0.15) is 5.82 Å². The maximum absolute atomic E-state index is 14.2. The third-order valence-electron chi connectivity index (χ3n) is 2.65. The lowest BCUT2D eigenvalue weighted by molar-refractivity contribution is 0.415. The summed E-state index contributed by atoms with van der Waals surface area (Å²) in [4.78, 5) is 0. The van der Waals surface area contributed by atoms with E-state index >= 15 is 0 Å². The summed E-state index contributed by atoms with van der Waals surface area (Å²) >= 11 is 1.03. The summed E-state index contributed by atoms with van der Waals surface area (Å²) in [5.41, 5.74) is 0.612. The van der Waals surface area contributed by atoms with Crippen molar-refractivity contribution >= 4 is 28.8 Å². The molecule has 0 saturated carbocycles. The van der Waals surface area contributed by atoms with Gasteiger partial charge in [0.25, 0.3) is 0 Å². The van der Waals surface area contributed by atoms with Gasteiger partial charge in [-0.3, -0.25) is 9.01 Å². The molecule has 86 valence electrons. The van der Waals surface area contributed by atoms with Crippen LogP contribution in [0.5, 0.6) is 0 Å². The molecule has 0 saturated heterocycles. The summed E-state index contributed by atoms with van der Waals surface area (Å²) in [5, 5.41) is 5.29. The minimum atomic E-state index is -0.190. The summed E-state index contributed by atoms with van der Waals surface area (Å²) in [6.45, 7) is 0. The predicted octanol–water partition coefficient (Wildman–Crippen LogP) is 3.02. The lowest BCUT2D eigenvalue weighted by Crippen LogP contribution is -2.14. The van der Waals surface area contributed by atoms with Gasteiger partial charge in [-0.05, 0) is 10.9 Å². The Kier molecular flexibility index (Phi) is 2.60. The largest absolute Gasteiger partial charge is 0.297 e. The summed E-state index contributed by atoms with van der Waals surface area (Å²) in [6.07, 6.45) is 0.406. The molecular weight excluding hydrogens is 239 g/mol. The van der Waals surface area contributed by atoms with Crippen molar-refractivity contribution in [1.82, 2.24) is 4.72 Å². The molecule has 0 aliphatic carbocycles. The maximum atomic E-state index is 14.2. The Labute approximate surface area is 102 Å². The second-order valence-corrected chi connectivity index (χ2v) is 4.25. The first-order valence-electron chi connectivity index (χ1n) is 5.16. The highest BCUT2D eigenvalue weighted by Gasteiger charge is 2.13. The van der Waals surface area contributed by atoms with Gasteiger partial charge >= 0.3 is 0 Å². The molecule has 1 N–H and O–H groups in total. The Morgan fingerprint density at radius 2 is 2.12 bits per heavy atom. The van der Waals surface area contributed by atoms with Crippen LogP contribution in [0.3, 0.4) is 0 Å². The fourth-order valence-electron chi connectivity index (χ4n) is 1.81. The summed E-state index contributed by atoms with van der Waals surface area (Å²) in [7, 11) is 0. The van der Waals surface area contributed by atoms with Crippen LogP contribution in [0.2, 0.25) is 0 Å². The highest BCUT2D eigenvalue weighted by atomic mass is 32.2. The highest BCUT2D eigenvalue weighted by molar-refractivity contribution is 7.93. The molecule has 0 radical (unpaired) electrons. The zero-order chi connectivity index (χ0) is 11.7. The van der Waals surface area contributed by atoms with Gasteiger partial charge in [-0.2, -0.15) is 0 Å². The molecular formula is C12H9FN2OS. The van der Waals surface area contributed by atoms with E-state index in [1.807, 2.05) is 24.3 Å². The van der Waals surface area contributed by atoms with Crippen LogP contribution in [-0.2, 0) is 10.7 Å². The van der Waals surface area contributed by atoms with Crippen molar-refractivity contribution in [3.63, 3.8) is 0 Å². The standard InChI is InChI=1S/C12H9FN2OS/c13-12-9(7-11-14-16-17-15-11)6-5-8-3-1-2-4-10(8)12/h1-6H,7H2,(H,14,15). The van der Waals surface area contributed by atoms with E-state index in [2.05, 4.69) is 9.88 Å². The second-order valence-electron chi connectivity index (χ2n) is 3.73. The first-order valence-corrected chi connectivity index (χ1v) is 5.90. The number of amidine groups is 1. The number of fused-ring (bicyclic) bond motifs is 1. The number of rotatable bonds is 2. The van der Waals surface area contributed by atoms with Crippen LogP contribution in [0.4, 0.5) is 4.39 Å². The van der Waals surface area contributed by atoms with E-state index in [0.29, 0.717) is 23.2 Å². The summed E-state index contributed by atoms with van der Waals surface area (Å²) in [6, 6.07) is 11.1. The molecule has 5 heteroatoms. The topological polar surface area (TPSA) is 33.6 Å².